The van der Waals surface area contributed by atoms with Crippen molar-refractivity contribution in [3.63, 3.8) is 0 Å². The van der Waals surface area contributed by atoms with Crippen molar-refractivity contribution in [2.24, 2.45) is 0 Å². The molecule has 2 aliphatic heterocycles. The van der Waals surface area contributed by atoms with Crippen LogP contribution in [0.4, 0.5) is 5.13 Å². The number of thiazole rings is 1. The molecule has 2 aromatic rings. The predicted octanol–water partition coefficient (Wildman–Crippen LogP) is 3.89. The number of piperidine rings is 2. The van der Waals surface area contributed by atoms with E-state index in [1.165, 1.54) is 51.6 Å². The summed E-state index contributed by atoms with van der Waals surface area (Å²) in [5.41, 5.74) is 1.75. The number of fused-ring (bicyclic) bond motifs is 1. The smallest absolute Gasteiger partial charge is 0.251 e. The lowest BCUT2D eigenvalue weighted by Crippen LogP contribution is -2.33. The van der Waals surface area contributed by atoms with E-state index in [0.29, 0.717) is 0 Å². The lowest BCUT2D eigenvalue weighted by Gasteiger charge is -2.26. The lowest BCUT2D eigenvalue weighted by atomic mass is 10.1. The van der Waals surface area contributed by atoms with Crippen LogP contribution in [0.2, 0.25) is 0 Å². The Morgan fingerprint density at radius 2 is 1.78 bits per heavy atom. The van der Waals surface area contributed by atoms with E-state index in [9.17, 15) is 4.79 Å². The van der Waals surface area contributed by atoms with Crippen LogP contribution in [0.25, 0.3) is 10.2 Å². The van der Waals surface area contributed by atoms with Crippen LogP contribution in [0.15, 0.2) is 18.2 Å². The van der Waals surface area contributed by atoms with Gasteiger partial charge in [-0.05, 0) is 76.4 Å². The molecule has 3 heterocycles. The van der Waals surface area contributed by atoms with Crippen molar-refractivity contribution in [1.82, 2.24) is 15.2 Å². The first-order valence-electron chi connectivity index (χ1n) is 10.5. The van der Waals surface area contributed by atoms with Gasteiger partial charge in [0.15, 0.2) is 5.13 Å². The number of likely N-dealkylation sites (tertiary alicyclic amines) is 1. The molecule has 6 heteroatoms. The maximum Gasteiger partial charge on any atom is 0.251 e. The van der Waals surface area contributed by atoms with E-state index in [-0.39, 0.29) is 5.91 Å². The number of anilines is 1. The fraction of sp³-hybridized carbons (Fsp3) is 0.619. The van der Waals surface area contributed by atoms with E-state index in [0.717, 1.165) is 53.5 Å². The summed E-state index contributed by atoms with van der Waals surface area (Å²) in [4.78, 5) is 22.2. The minimum atomic E-state index is 0.0310. The van der Waals surface area contributed by atoms with Gasteiger partial charge in [-0.3, -0.25) is 4.79 Å². The molecule has 0 radical (unpaired) electrons. The van der Waals surface area contributed by atoms with Crippen LogP contribution in [-0.4, -0.2) is 55.1 Å². The molecule has 2 fully saturated rings. The molecule has 1 N–H and O–H groups in total. The third kappa shape index (κ3) is 4.79. The van der Waals surface area contributed by atoms with Gasteiger partial charge in [-0.25, -0.2) is 4.98 Å². The fourth-order valence-corrected chi connectivity index (χ4v) is 5.12. The highest BCUT2D eigenvalue weighted by Crippen LogP contribution is 2.31. The van der Waals surface area contributed by atoms with Crippen molar-refractivity contribution < 1.29 is 4.79 Å². The van der Waals surface area contributed by atoms with Crippen molar-refractivity contribution in [3.8, 4) is 0 Å². The van der Waals surface area contributed by atoms with E-state index >= 15 is 0 Å². The molecule has 0 saturated carbocycles. The Bertz CT molecular complexity index is 763. The van der Waals surface area contributed by atoms with Gasteiger partial charge in [0.2, 0.25) is 0 Å². The summed E-state index contributed by atoms with van der Waals surface area (Å²) in [6.45, 7) is 6.47. The van der Waals surface area contributed by atoms with Crippen LogP contribution in [0.5, 0.6) is 0 Å². The third-order valence-corrected chi connectivity index (χ3v) is 6.73. The summed E-state index contributed by atoms with van der Waals surface area (Å²) in [6, 6.07) is 5.89. The molecule has 0 atom stereocenters. The second kappa shape index (κ2) is 9.02. The minimum Gasteiger partial charge on any atom is -0.352 e. The Balaban J connectivity index is 1.31. The summed E-state index contributed by atoms with van der Waals surface area (Å²) in [6.07, 6.45) is 8.85. The number of nitrogens with one attached hydrogen (secondary N) is 1. The zero-order chi connectivity index (χ0) is 18.5. The van der Waals surface area contributed by atoms with Crippen molar-refractivity contribution >= 4 is 32.6 Å². The number of amides is 1. The summed E-state index contributed by atoms with van der Waals surface area (Å²) in [5.74, 6) is 0.0310. The predicted molar refractivity (Wildman–Crippen MR) is 113 cm³/mol. The standard InChI is InChI=1S/C21H30N4OS/c26-20(22-10-7-13-24-11-3-1-4-12-24)17-8-9-18-19(16-17)27-21(23-18)25-14-5-2-6-15-25/h8-9,16H,1-7,10-15H2,(H,22,26). The van der Waals surface area contributed by atoms with Crippen LogP contribution in [0.3, 0.4) is 0 Å². The molecule has 0 bridgehead atoms. The second-order valence-electron chi connectivity index (χ2n) is 7.74. The van der Waals surface area contributed by atoms with Gasteiger partial charge in [-0.1, -0.05) is 17.8 Å². The molecule has 0 spiro atoms. The molecule has 0 unspecified atom stereocenters. The number of carbonyl (C=O) groups is 1. The Hall–Kier alpha value is -1.66. The van der Waals surface area contributed by atoms with Crippen LogP contribution < -0.4 is 10.2 Å². The molecule has 2 aliphatic rings. The normalized spacial score (nSPS) is 18.7. The van der Waals surface area contributed by atoms with Crippen molar-refractivity contribution in [3.05, 3.63) is 23.8 Å². The number of carbonyl (C=O) groups excluding carboxylic acids is 1. The molecule has 1 aromatic heterocycles. The van der Waals surface area contributed by atoms with Crippen LogP contribution in [0, 0.1) is 0 Å². The Morgan fingerprint density at radius 1 is 1.04 bits per heavy atom. The van der Waals surface area contributed by atoms with Gasteiger partial charge < -0.3 is 15.1 Å². The second-order valence-corrected chi connectivity index (χ2v) is 8.75. The highest BCUT2D eigenvalue weighted by Gasteiger charge is 2.16. The minimum absolute atomic E-state index is 0.0310. The Kier molecular flexibility index (Phi) is 6.24. The van der Waals surface area contributed by atoms with Crippen molar-refractivity contribution in [2.75, 3.05) is 44.2 Å². The van der Waals surface area contributed by atoms with Gasteiger partial charge in [0.1, 0.15) is 0 Å². The largest absolute Gasteiger partial charge is 0.352 e. The number of nitrogens with zero attached hydrogens (tertiary/aromatic N) is 3. The zero-order valence-electron chi connectivity index (χ0n) is 16.1. The van der Waals surface area contributed by atoms with E-state index in [4.69, 9.17) is 4.98 Å². The zero-order valence-corrected chi connectivity index (χ0v) is 16.9. The van der Waals surface area contributed by atoms with Gasteiger partial charge in [0.25, 0.3) is 5.91 Å². The summed E-state index contributed by atoms with van der Waals surface area (Å²) in [7, 11) is 0. The molecule has 1 aromatic carbocycles. The van der Waals surface area contributed by atoms with E-state index in [1.54, 1.807) is 11.3 Å². The molecule has 5 nitrogen and oxygen atoms in total. The van der Waals surface area contributed by atoms with Crippen LogP contribution in [-0.2, 0) is 0 Å². The highest BCUT2D eigenvalue weighted by molar-refractivity contribution is 7.22. The van der Waals surface area contributed by atoms with Crippen molar-refractivity contribution in [2.45, 2.75) is 44.9 Å². The SMILES string of the molecule is O=C(NCCCN1CCCCC1)c1ccc2nc(N3CCCCC3)sc2c1. The topological polar surface area (TPSA) is 48.5 Å². The number of benzene rings is 1. The van der Waals surface area contributed by atoms with Crippen molar-refractivity contribution in [1.29, 1.82) is 0 Å². The van der Waals surface area contributed by atoms with Gasteiger partial charge in [-0.15, -0.1) is 0 Å². The van der Waals surface area contributed by atoms with Gasteiger partial charge in [0, 0.05) is 25.2 Å². The number of rotatable bonds is 6. The average Bonchev–Trinajstić information content (AvgIpc) is 3.16. The van der Waals surface area contributed by atoms with E-state index < -0.39 is 0 Å². The number of hydrogen-bond acceptors (Lipinski definition) is 5. The molecular weight excluding hydrogens is 356 g/mol. The first-order chi connectivity index (χ1) is 13.3. The van der Waals surface area contributed by atoms with Crippen LogP contribution >= 0.6 is 11.3 Å². The molecule has 2 saturated heterocycles. The average molecular weight is 387 g/mol. The fourth-order valence-electron chi connectivity index (χ4n) is 4.06. The lowest BCUT2D eigenvalue weighted by molar-refractivity contribution is 0.0951. The van der Waals surface area contributed by atoms with Gasteiger partial charge in [0.05, 0.1) is 10.2 Å². The van der Waals surface area contributed by atoms with Gasteiger partial charge in [-0.2, -0.15) is 0 Å². The molecule has 1 amide bonds. The van der Waals surface area contributed by atoms with E-state index in [1.807, 2.05) is 18.2 Å². The summed E-state index contributed by atoms with van der Waals surface area (Å²) < 4.78 is 1.11. The Morgan fingerprint density at radius 3 is 2.56 bits per heavy atom. The maximum absolute atomic E-state index is 12.5. The first-order valence-corrected chi connectivity index (χ1v) is 11.3. The quantitative estimate of drug-likeness (QED) is 0.765. The van der Waals surface area contributed by atoms with Crippen LogP contribution in [0.1, 0.15) is 55.3 Å². The molecule has 0 aliphatic carbocycles. The molecular formula is C21H30N4OS. The first kappa shape index (κ1) is 18.7. The number of hydrogen-bond donors (Lipinski definition) is 1. The summed E-state index contributed by atoms with van der Waals surface area (Å²) >= 11 is 1.71. The maximum atomic E-state index is 12.5. The summed E-state index contributed by atoms with van der Waals surface area (Å²) in [5, 5.41) is 4.18. The molecule has 4 rings (SSSR count). The Labute approximate surface area is 165 Å². The number of aromatic nitrogens is 1. The van der Waals surface area contributed by atoms with Gasteiger partial charge >= 0.3 is 0 Å². The highest BCUT2D eigenvalue weighted by atomic mass is 32.1. The third-order valence-electron chi connectivity index (χ3n) is 5.65. The monoisotopic (exact) mass is 386 g/mol. The van der Waals surface area contributed by atoms with E-state index in [2.05, 4.69) is 15.1 Å². The molecule has 27 heavy (non-hydrogen) atoms. The molecule has 146 valence electrons.